The van der Waals surface area contributed by atoms with E-state index in [2.05, 4.69) is 11.2 Å². The maximum absolute atomic E-state index is 11.2. The number of hydrogen-bond donors (Lipinski definition) is 1. The van der Waals surface area contributed by atoms with Gasteiger partial charge in [0.2, 0.25) is 5.91 Å². The van der Waals surface area contributed by atoms with Crippen molar-refractivity contribution in [3.05, 3.63) is 0 Å². The van der Waals surface area contributed by atoms with Crippen LogP contribution in [-0.2, 0) is 9.53 Å². The highest BCUT2D eigenvalue weighted by molar-refractivity contribution is 5.76. The van der Waals surface area contributed by atoms with Crippen molar-refractivity contribution in [2.24, 2.45) is 0 Å². The molecule has 1 saturated heterocycles. The van der Waals surface area contributed by atoms with E-state index in [0.29, 0.717) is 13.0 Å². The number of terminal acetylenes is 1. The Morgan fingerprint density at radius 2 is 2.46 bits per heavy atom. The SMILES string of the molecule is C#CCNC(=O)CC1CCCCO1. The fraction of sp³-hybridized carbons (Fsp3) is 0.700. The molecule has 1 heterocycles. The lowest BCUT2D eigenvalue weighted by Gasteiger charge is -2.21. The summed E-state index contributed by atoms with van der Waals surface area (Å²) in [6.45, 7) is 1.10. The van der Waals surface area contributed by atoms with Gasteiger partial charge in [0.05, 0.1) is 19.1 Å². The van der Waals surface area contributed by atoms with Crippen molar-refractivity contribution in [3.63, 3.8) is 0 Å². The van der Waals surface area contributed by atoms with E-state index in [1.165, 1.54) is 0 Å². The van der Waals surface area contributed by atoms with E-state index in [9.17, 15) is 4.79 Å². The Balaban J connectivity index is 2.15. The van der Waals surface area contributed by atoms with E-state index in [-0.39, 0.29) is 12.0 Å². The molecule has 0 bridgehead atoms. The molecule has 1 fully saturated rings. The third kappa shape index (κ3) is 3.95. The molecule has 0 saturated carbocycles. The van der Waals surface area contributed by atoms with Crippen LogP contribution in [0.2, 0.25) is 0 Å². The first-order chi connectivity index (χ1) is 6.33. The van der Waals surface area contributed by atoms with Crippen molar-refractivity contribution in [1.29, 1.82) is 0 Å². The Hall–Kier alpha value is -1.01. The quantitative estimate of drug-likeness (QED) is 0.651. The monoisotopic (exact) mass is 181 g/mol. The Labute approximate surface area is 78.8 Å². The summed E-state index contributed by atoms with van der Waals surface area (Å²) in [6, 6.07) is 0. The molecule has 3 nitrogen and oxygen atoms in total. The lowest BCUT2D eigenvalue weighted by Crippen LogP contribution is -2.30. The van der Waals surface area contributed by atoms with Crippen molar-refractivity contribution >= 4 is 5.91 Å². The van der Waals surface area contributed by atoms with Gasteiger partial charge in [-0.1, -0.05) is 5.92 Å². The molecular formula is C10H15NO2. The number of nitrogens with one attached hydrogen (secondary N) is 1. The molecule has 13 heavy (non-hydrogen) atoms. The number of rotatable bonds is 3. The predicted molar refractivity (Wildman–Crippen MR) is 50.1 cm³/mol. The Morgan fingerprint density at radius 3 is 3.08 bits per heavy atom. The Bertz CT molecular complexity index is 201. The predicted octanol–water partition coefficient (Wildman–Crippen LogP) is 0.695. The topological polar surface area (TPSA) is 38.3 Å². The molecule has 0 aromatic heterocycles. The third-order valence-electron chi connectivity index (χ3n) is 2.07. The van der Waals surface area contributed by atoms with Crippen LogP contribution in [0.5, 0.6) is 0 Å². The minimum Gasteiger partial charge on any atom is -0.378 e. The molecule has 1 atom stereocenters. The maximum Gasteiger partial charge on any atom is 0.223 e. The maximum atomic E-state index is 11.2. The van der Waals surface area contributed by atoms with E-state index in [1.807, 2.05) is 0 Å². The number of ether oxygens (including phenoxy) is 1. The zero-order valence-electron chi connectivity index (χ0n) is 7.71. The van der Waals surface area contributed by atoms with Gasteiger partial charge < -0.3 is 10.1 Å². The summed E-state index contributed by atoms with van der Waals surface area (Å²) < 4.78 is 5.42. The lowest BCUT2D eigenvalue weighted by atomic mass is 10.1. The van der Waals surface area contributed by atoms with Crippen molar-refractivity contribution in [2.75, 3.05) is 13.2 Å². The van der Waals surface area contributed by atoms with Crippen molar-refractivity contribution in [2.45, 2.75) is 31.8 Å². The summed E-state index contributed by atoms with van der Waals surface area (Å²) in [5.74, 6) is 2.35. The zero-order valence-corrected chi connectivity index (χ0v) is 7.71. The largest absolute Gasteiger partial charge is 0.378 e. The van der Waals surface area contributed by atoms with Gasteiger partial charge in [-0.2, -0.15) is 0 Å². The second-order valence-electron chi connectivity index (χ2n) is 3.17. The van der Waals surface area contributed by atoms with Crippen molar-refractivity contribution in [1.82, 2.24) is 5.32 Å². The second-order valence-corrected chi connectivity index (χ2v) is 3.17. The van der Waals surface area contributed by atoms with E-state index >= 15 is 0 Å². The van der Waals surface area contributed by atoms with E-state index in [0.717, 1.165) is 25.9 Å². The molecule has 1 amide bonds. The molecule has 0 aromatic carbocycles. The fourth-order valence-corrected chi connectivity index (χ4v) is 1.40. The average Bonchev–Trinajstić information content (AvgIpc) is 2.16. The summed E-state index contributed by atoms with van der Waals surface area (Å²) in [5, 5.41) is 2.62. The summed E-state index contributed by atoms with van der Waals surface area (Å²) in [6.07, 6.45) is 8.83. The highest BCUT2D eigenvalue weighted by atomic mass is 16.5. The molecule has 1 rings (SSSR count). The van der Waals surface area contributed by atoms with Gasteiger partial charge in [-0.3, -0.25) is 4.79 Å². The second kappa shape index (κ2) is 5.60. The van der Waals surface area contributed by atoms with Crippen LogP contribution in [0.25, 0.3) is 0 Å². The highest BCUT2D eigenvalue weighted by Crippen LogP contribution is 2.15. The van der Waals surface area contributed by atoms with Gasteiger partial charge in [-0.25, -0.2) is 0 Å². The summed E-state index contributed by atoms with van der Waals surface area (Å²) in [5.41, 5.74) is 0. The van der Waals surface area contributed by atoms with Crippen LogP contribution in [0.3, 0.4) is 0 Å². The zero-order chi connectivity index (χ0) is 9.52. The molecular weight excluding hydrogens is 166 g/mol. The molecule has 1 aliphatic heterocycles. The van der Waals surface area contributed by atoms with Gasteiger partial charge in [-0.15, -0.1) is 6.42 Å². The molecule has 1 unspecified atom stereocenters. The number of carbonyl (C=O) groups excluding carboxylic acids is 1. The molecule has 0 spiro atoms. The summed E-state index contributed by atoms with van der Waals surface area (Å²) in [4.78, 5) is 11.2. The van der Waals surface area contributed by atoms with Crippen LogP contribution in [-0.4, -0.2) is 25.2 Å². The van der Waals surface area contributed by atoms with Gasteiger partial charge in [0.15, 0.2) is 0 Å². The van der Waals surface area contributed by atoms with Gasteiger partial charge in [0.1, 0.15) is 0 Å². The van der Waals surface area contributed by atoms with Crippen LogP contribution in [0.4, 0.5) is 0 Å². The highest BCUT2D eigenvalue weighted by Gasteiger charge is 2.16. The Kier molecular flexibility index (Phi) is 4.34. The van der Waals surface area contributed by atoms with Gasteiger partial charge in [0, 0.05) is 6.61 Å². The lowest BCUT2D eigenvalue weighted by molar-refractivity contribution is -0.124. The van der Waals surface area contributed by atoms with Gasteiger partial charge in [0.25, 0.3) is 0 Å². The van der Waals surface area contributed by atoms with E-state index in [4.69, 9.17) is 11.2 Å². The molecule has 0 radical (unpaired) electrons. The molecule has 72 valence electrons. The first-order valence-corrected chi connectivity index (χ1v) is 4.64. The number of hydrogen-bond acceptors (Lipinski definition) is 2. The van der Waals surface area contributed by atoms with Crippen molar-refractivity contribution < 1.29 is 9.53 Å². The van der Waals surface area contributed by atoms with Crippen molar-refractivity contribution in [3.8, 4) is 12.3 Å². The van der Waals surface area contributed by atoms with Crippen LogP contribution in [0, 0.1) is 12.3 Å². The van der Waals surface area contributed by atoms with Crippen LogP contribution in [0.1, 0.15) is 25.7 Å². The number of carbonyl (C=O) groups is 1. The van der Waals surface area contributed by atoms with Crippen LogP contribution < -0.4 is 5.32 Å². The molecule has 1 N–H and O–H groups in total. The van der Waals surface area contributed by atoms with Crippen LogP contribution >= 0.6 is 0 Å². The summed E-state index contributed by atoms with van der Waals surface area (Å²) in [7, 11) is 0. The summed E-state index contributed by atoms with van der Waals surface area (Å²) >= 11 is 0. The minimum atomic E-state index is -0.00940. The Morgan fingerprint density at radius 1 is 1.62 bits per heavy atom. The minimum absolute atomic E-state index is 0.00940. The number of amides is 1. The fourth-order valence-electron chi connectivity index (χ4n) is 1.40. The smallest absolute Gasteiger partial charge is 0.223 e. The van der Waals surface area contributed by atoms with Crippen LogP contribution in [0.15, 0.2) is 0 Å². The van der Waals surface area contributed by atoms with E-state index in [1.54, 1.807) is 0 Å². The van der Waals surface area contributed by atoms with E-state index < -0.39 is 0 Å². The molecule has 0 aliphatic carbocycles. The van der Waals surface area contributed by atoms with Gasteiger partial charge >= 0.3 is 0 Å². The standard InChI is InChI=1S/C10H15NO2/c1-2-6-11-10(12)8-9-5-3-4-7-13-9/h1,9H,3-8H2,(H,11,12). The van der Waals surface area contributed by atoms with Gasteiger partial charge in [-0.05, 0) is 19.3 Å². The molecule has 3 heteroatoms. The molecule has 0 aromatic rings. The normalized spacial score (nSPS) is 21.9. The first-order valence-electron chi connectivity index (χ1n) is 4.64. The third-order valence-corrected chi connectivity index (χ3v) is 2.07. The molecule has 1 aliphatic rings. The first kappa shape index (κ1) is 10.1. The average molecular weight is 181 g/mol.